The fraction of sp³-hybridized carbons (Fsp3) is 0.524. The van der Waals surface area contributed by atoms with E-state index in [9.17, 15) is 9.59 Å². The molecule has 1 aromatic carbocycles. The number of nitrogens with zero attached hydrogens (tertiary/aromatic N) is 2. The Morgan fingerprint density at radius 3 is 2.86 bits per heavy atom. The molecule has 7 heteroatoms. The van der Waals surface area contributed by atoms with E-state index in [-0.39, 0.29) is 17.5 Å². The van der Waals surface area contributed by atoms with Gasteiger partial charge in [0.25, 0.3) is 5.91 Å². The zero-order valence-corrected chi connectivity index (χ0v) is 17.0. The predicted molar refractivity (Wildman–Crippen MR) is 111 cm³/mol. The highest BCUT2D eigenvalue weighted by molar-refractivity contribution is 7.99. The Kier molecular flexibility index (Phi) is 5.92. The van der Waals surface area contributed by atoms with Crippen molar-refractivity contribution in [3.8, 4) is 5.75 Å². The van der Waals surface area contributed by atoms with Crippen LogP contribution >= 0.6 is 11.8 Å². The molecule has 28 heavy (non-hydrogen) atoms. The lowest BCUT2D eigenvalue weighted by molar-refractivity contribution is 0.0662. The van der Waals surface area contributed by atoms with Crippen LogP contribution in [0.3, 0.4) is 0 Å². The van der Waals surface area contributed by atoms with Crippen molar-refractivity contribution in [2.45, 2.75) is 25.3 Å². The summed E-state index contributed by atoms with van der Waals surface area (Å²) in [5.41, 5.74) is -0.107. The number of amides is 1. The van der Waals surface area contributed by atoms with Crippen LogP contribution in [0.2, 0.25) is 0 Å². The average Bonchev–Trinajstić information content (AvgIpc) is 3.11. The average molecular weight is 403 g/mol. The molecule has 0 N–H and O–H groups in total. The van der Waals surface area contributed by atoms with Crippen LogP contribution in [0.4, 0.5) is 0 Å². The van der Waals surface area contributed by atoms with E-state index >= 15 is 0 Å². The molecule has 0 spiro atoms. The number of hydrogen-bond acceptors (Lipinski definition) is 6. The molecule has 0 bridgehead atoms. The first kappa shape index (κ1) is 19.3. The zero-order valence-electron chi connectivity index (χ0n) is 16.2. The number of carbonyl (C=O) groups excluding carboxylic acids is 1. The second-order valence-electron chi connectivity index (χ2n) is 7.41. The largest absolute Gasteiger partial charge is 0.493 e. The van der Waals surface area contributed by atoms with Gasteiger partial charge in [-0.2, -0.15) is 11.8 Å². The molecule has 2 aliphatic rings. The highest BCUT2D eigenvalue weighted by Gasteiger charge is 2.30. The first-order chi connectivity index (χ1) is 13.7. The van der Waals surface area contributed by atoms with Gasteiger partial charge in [0, 0.05) is 24.2 Å². The Morgan fingerprint density at radius 2 is 2.07 bits per heavy atom. The number of likely N-dealkylation sites (tertiary alicyclic amines) is 1. The maximum atomic E-state index is 13.4. The van der Waals surface area contributed by atoms with Crippen LogP contribution in [0.25, 0.3) is 11.0 Å². The van der Waals surface area contributed by atoms with E-state index in [1.807, 2.05) is 28.8 Å². The Labute approximate surface area is 168 Å². The molecule has 150 valence electrons. The van der Waals surface area contributed by atoms with Crippen LogP contribution in [-0.2, 0) is 0 Å². The van der Waals surface area contributed by atoms with Crippen molar-refractivity contribution in [1.29, 1.82) is 0 Å². The first-order valence-electron chi connectivity index (χ1n) is 9.89. The standard InChI is InChI=1S/C21H26N2O4S/c1-26-18-7-4-6-15-12-17(21(25)27-19(15)18)20(24)23-10-5-11-28-14-16(23)13-22-8-2-3-9-22/h4,6-7,12,16H,2-3,5,8-11,13-14H2,1H3. The van der Waals surface area contributed by atoms with Crippen LogP contribution < -0.4 is 10.4 Å². The van der Waals surface area contributed by atoms with Crippen molar-refractivity contribution in [3.05, 3.63) is 40.2 Å². The van der Waals surface area contributed by atoms with Gasteiger partial charge in [0.05, 0.1) is 13.2 Å². The van der Waals surface area contributed by atoms with E-state index in [0.717, 1.165) is 37.6 Å². The molecule has 2 fully saturated rings. The van der Waals surface area contributed by atoms with Gasteiger partial charge < -0.3 is 19.0 Å². The lowest BCUT2D eigenvalue weighted by atomic mass is 10.1. The summed E-state index contributed by atoms with van der Waals surface area (Å²) in [5.74, 6) is 2.23. The molecule has 4 rings (SSSR count). The Balaban J connectivity index is 1.65. The van der Waals surface area contributed by atoms with Crippen molar-refractivity contribution in [1.82, 2.24) is 9.80 Å². The summed E-state index contributed by atoms with van der Waals surface area (Å²) in [5, 5.41) is 0.697. The fourth-order valence-corrected chi connectivity index (χ4v) is 5.15. The third-order valence-electron chi connectivity index (χ3n) is 5.54. The molecule has 1 atom stereocenters. The Hall–Kier alpha value is -1.99. The van der Waals surface area contributed by atoms with Crippen LogP contribution in [0.15, 0.2) is 33.5 Å². The van der Waals surface area contributed by atoms with Crippen molar-refractivity contribution in [2.75, 3.05) is 44.8 Å². The lowest BCUT2D eigenvalue weighted by Crippen LogP contribution is -2.48. The van der Waals surface area contributed by atoms with Gasteiger partial charge in [-0.15, -0.1) is 0 Å². The van der Waals surface area contributed by atoms with E-state index in [1.165, 1.54) is 20.0 Å². The summed E-state index contributed by atoms with van der Waals surface area (Å²) < 4.78 is 10.8. The van der Waals surface area contributed by atoms with E-state index in [2.05, 4.69) is 4.90 Å². The summed E-state index contributed by atoms with van der Waals surface area (Å²) in [6.07, 6.45) is 3.40. The number of carbonyl (C=O) groups is 1. The van der Waals surface area contributed by atoms with Crippen molar-refractivity contribution in [2.24, 2.45) is 0 Å². The topological polar surface area (TPSA) is 63.0 Å². The maximum absolute atomic E-state index is 13.4. The summed E-state index contributed by atoms with van der Waals surface area (Å²) in [7, 11) is 1.53. The number of thioether (sulfide) groups is 1. The van der Waals surface area contributed by atoms with Crippen LogP contribution in [0.1, 0.15) is 29.6 Å². The van der Waals surface area contributed by atoms with E-state index in [4.69, 9.17) is 9.15 Å². The highest BCUT2D eigenvalue weighted by atomic mass is 32.2. The van der Waals surface area contributed by atoms with E-state index in [0.29, 0.717) is 23.3 Å². The lowest BCUT2D eigenvalue weighted by Gasteiger charge is -2.32. The molecule has 0 saturated carbocycles. The zero-order chi connectivity index (χ0) is 19.5. The molecule has 0 radical (unpaired) electrons. The third-order valence-corrected chi connectivity index (χ3v) is 6.74. The van der Waals surface area contributed by atoms with E-state index in [1.54, 1.807) is 12.1 Å². The molecule has 2 saturated heterocycles. The molecule has 1 aromatic heterocycles. The molecule has 3 heterocycles. The number of methoxy groups -OCH3 is 1. The molecule has 1 unspecified atom stereocenters. The molecule has 0 aliphatic carbocycles. The number of ether oxygens (including phenoxy) is 1. The first-order valence-corrected chi connectivity index (χ1v) is 11.0. The van der Waals surface area contributed by atoms with Crippen molar-refractivity contribution in [3.63, 3.8) is 0 Å². The summed E-state index contributed by atoms with van der Waals surface area (Å²) in [6, 6.07) is 7.17. The summed E-state index contributed by atoms with van der Waals surface area (Å²) in [4.78, 5) is 30.3. The number of para-hydroxylation sites is 1. The second kappa shape index (κ2) is 8.57. The number of fused-ring (bicyclic) bond motifs is 1. The normalized spacial score (nSPS) is 21.0. The molecule has 2 aliphatic heterocycles. The summed E-state index contributed by atoms with van der Waals surface area (Å²) >= 11 is 1.90. The quantitative estimate of drug-likeness (QED) is 0.733. The van der Waals surface area contributed by atoms with Gasteiger partial charge in [0.2, 0.25) is 0 Å². The second-order valence-corrected chi connectivity index (χ2v) is 8.56. The van der Waals surface area contributed by atoms with Crippen molar-refractivity contribution < 1.29 is 13.9 Å². The molecular weight excluding hydrogens is 376 g/mol. The van der Waals surface area contributed by atoms with Crippen LogP contribution in [0, 0.1) is 0 Å². The highest BCUT2D eigenvalue weighted by Crippen LogP contribution is 2.26. The fourth-order valence-electron chi connectivity index (χ4n) is 4.09. The van der Waals surface area contributed by atoms with Gasteiger partial charge in [0.15, 0.2) is 11.3 Å². The van der Waals surface area contributed by atoms with Gasteiger partial charge in [-0.1, -0.05) is 12.1 Å². The monoisotopic (exact) mass is 402 g/mol. The van der Waals surface area contributed by atoms with Gasteiger partial charge in [0.1, 0.15) is 5.56 Å². The molecule has 1 amide bonds. The molecule has 6 nitrogen and oxygen atoms in total. The predicted octanol–water partition coefficient (Wildman–Crippen LogP) is 2.85. The van der Waals surface area contributed by atoms with Gasteiger partial charge in [-0.25, -0.2) is 4.79 Å². The van der Waals surface area contributed by atoms with Gasteiger partial charge in [-0.3, -0.25) is 4.79 Å². The third kappa shape index (κ3) is 3.91. The minimum Gasteiger partial charge on any atom is -0.493 e. The maximum Gasteiger partial charge on any atom is 0.349 e. The van der Waals surface area contributed by atoms with Crippen LogP contribution in [-0.4, -0.2) is 66.5 Å². The number of rotatable bonds is 4. The Bertz CT molecular complexity index is 907. The SMILES string of the molecule is COc1cccc2cc(C(=O)N3CCCSCC3CN3CCCC3)c(=O)oc12. The smallest absolute Gasteiger partial charge is 0.349 e. The van der Waals surface area contributed by atoms with Gasteiger partial charge in [-0.05, 0) is 50.2 Å². The Morgan fingerprint density at radius 1 is 1.25 bits per heavy atom. The summed E-state index contributed by atoms with van der Waals surface area (Å²) in [6.45, 7) is 3.76. The van der Waals surface area contributed by atoms with Crippen molar-refractivity contribution >= 4 is 28.6 Å². The minimum absolute atomic E-state index is 0.110. The minimum atomic E-state index is -0.598. The van der Waals surface area contributed by atoms with E-state index < -0.39 is 5.63 Å². The molecule has 2 aromatic rings. The number of hydrogen-bond donors (Lipinski definition) is 0. The molecular formula is C21H26N2O4S. The number of benzene rings is 1. The van der Waals surface area contributed by atoms with Gasteiger partial charge >= 0.3 is 5.63 Å². The van der Waals surface area contributed by atoms with Crippen LogP contribution in [0.5, 0.6) is 5.75 Å².